The predicted molar refractivity (Wildman–Crippen MR) is 82.4 cm³/mol. The van der Waals surface area contributed by atoms with Crippen molar-refractivity contribution in [2.75, 3.05) is 20.7 Å². The summed E-state index contributed by atoms with van der Waals surface area (Å²) < 4.78 is 5.35. The van der Waals surface area contributed by atoms with E-state index in [9.17, 15) is 0 Å². The average molecular weight is 267 g/mol. The first-order valence-electron chi connectivity index (χ1n) is 7.12. The van der Waals surface area contributed by atoms with Gasteiger partial charge in [-0.05, 0) is 49.2 Å². The van der Waals surface area contributed by atoms with Gasteiger partial charge in [-0.25, -0.2) is 0 Å². The Balaban J connectivity index is 2.05. The van der Waals surface area contributed by atoms with E-state index in [1.807, 2.05) is 0 Å². The summed E-state index contributed by atoms with van der Waals surface area (Å²) in [6.45, 7) is 3.21. The summed E-state index contributed by atoms with van der Waals surface area (Å²) in [5.74, 6) is 0.955. The number of fused-ring (bicyclic) bond motifs is 1. The van der Waals surface area contributed by atoms with Gasteiger partial charge in [-0.1, -0.05) is 35.9 Å². The molecule has 2 aromatic rings. The van der Waals surface area contributed by atoms with Crippen molar-refractivity contribution < 1.29 is 4.74 Å². The molecule has 2 nitrogen and oxygen atoms in total. The zero-order valence-corrected chi connectivity index (χ0v) is 12.4. The van der Waals surface area contributed by atoms with Gasteiger partial charge < -0.3 is 4.74 Å². The van der Waals surface area contributed by atoms with Crippen LogP contribution in [0.5, 0.6) is 5.75 Å². The van der Waals surface area contributed by atoms with Crippen LogP contribution in [0, 0.1) is 6.92 Å². The Hall–Kier alpha value is -1.80. The number of ether oxygens (including phenoxy) is 1. The Bertz CT molecular complexity index is 603. The smallest absolute Gasteiger partial charge is 0.119 e. The van der Waals surface area contributed by atoms with Crippen LogP contribution in [0.4, 0.5) is 0 Å². The van der Waals surface area contributed by atoms with Gasteiger partial charge in [0.25, 0.3) is 0 Å². The van der Waals surface area contributed by atoms with Crippen LogP contribution in [-0.4, -0.2) is 25.6 Å². The number of hydrogen-bond acceptors (Lipinski definition) is 2. The van der Waals surface area contributed by atoms with Crippen LogP contribution >= 0.6 is 0 Å². The van der Waals surface area contributed by atoms with Gasteiger partial charge in [0.1, 0.15) is 5.75 Å². The molecule has 0 saturated carbocycles. The molecule has 0 fully saturated rings. The molecule has 0 spiro atoms. The van der Waals surface area contributed by atoms with E-state index >= 15 is 0 Å². The monoisotopic (exact) mass is 267 g/mol. The predicted octanol–water partition coefficient (Wildman–Crippen LogP) is 3.58. The number of benzene rings is 2. The number of hydrogen-bond donors (Lipinski definition) is 0. The lowest BCUT2D eigenvalue weighted by Crippen LogP contribution is -2.32. The summed E-state index contributed by atoms with van der Waals surface area (Å²) in [6, 6.07) is 15.7. The van der Waals surface area contributed by atoms with Crippen LogP contribution in [0.3, 0.4) is 0 Å². The van der Waals surface area contributed by atoms with Crippen molar-refractivity contribution in [3.63, 3.8) is 0 Å². The van der Waals surface area contributed by atoms with E-state index in [1.165, 1.54) is 22.3 Å². The van der Waals surface area contributed by atoms with E-state index in [4.69, 9.17) is 4.74 Å². The molecule has 20 heavy (non-hydrogen) atoms. The van der Waals surface area contributed by atoms with E-state index in [0.717, 1.165) is 18.7 Å². The summed E-state index contributed by atoms with van der Waals surface area (Å²) in [7, 11) is 3.94. The van der Waals surface area contributed by atoms with Gasteiger partial charge in [-0.15, -0.1) is 0 Å². The maximum absolute atomic E-state index is 5.35. The molecule has 0 aliphatic carbocycles. The second-order valence-electron chi connectivity index (χ2n) is 5.61. The number of rotatable bonds is 2. The number of aryl methyl sites for hydroxylation is 1. The number of nitrogens with zero attached hydrogens (tertiary/aromatic N) is 1. The van der Waals surface area contributed by atoms with Gasteiger partial charge in [0, 0.05) is 6.54 Å². The van der Waals surface area contributed by atoms with Crippen molar-refractivity contribution in [1.82, 2.24) is 4.90 Å². The van der Waals surface area contributed by atoms with E-state index in [-0.39, 0.29) is 0 Å². The average Bonchev–Trinajstić information content (AvgIpc) is 2.48. The van der Waals surface area contributed by atoms with Gasteiger partial charge in [0.05, 0.1) is 13.2 Å². The zero-order valence-electron chi connectivity index (χ0n) is 12.4. The number of likely N-dealkylation sites (N-methyl/N-ethyl adjacent to an activating group) is 1. The highest BCUT2D eigenvalue weighted by Crippen LogP contribution is 2.35. The maximum atomic E-state index is 5.35. The molecule has 3 rings (SSSR count). The van der Waals surface area contributed by atoms with Crippen molar-refractivity contribution in [3.8, 4) is 5.75 Å². The standard InChI is InChI=1S/C18H21NO/c1-13-4-6-14(7-5-13)18-17-9-8-16(20-3)12-15(17)10-11-19(18)2/h4-9,12,18H,10-11H2,1-3H3. The van der Waals surface area contributed by atoms with Gasteiger partial charge >= 0.3 is 0 Å². The largest absolute Gasteiger partial charge is 0.497 e. The summed E-state index contributed by atoms with van der Waals surface area (Å²) in [5, 5.41) is 0. The first kappa shape index (κ1) is 13.2. The first-order chi connectivity index (χ1) is 9.69. The second kappa shape index (κ2) is 5.29. The highest BCUT2D eigenvalue weighted by molar-refractivity contribution is 5.44. The lowest BCUT2D eigenvalue weighted by molar-refractivity contribution is 0.264. The molecule has 1 unspecified atom stereocenters. The molecule has 0 saturated heterocycles. The fourth-order valence-corrected chi connectivity index (χ4v) is 3.04. The molecule has 2 aromatic carbocycles. The third kappa shape index (κ3) is 2.32. The van der Waals surface area contributed by atoms with Gasteiger partial charge in [-0.2, -0.15) is 0 Å². The van der Waals surface area contributed by atoms with Crippen molar-refractivity contribution >= 4 is 0 Å². The molecule has 2 heteroatoms. The minimum absolute atomic E-state index is 0.352. The van der Waals surface area contributed by atoms with Crippen molar-refractivity contribution in [2.45, 2.75) is 19.4 Å². The Morgan fingerprint density at radius 3 is 2.55 bits per heavy atom. The molecule has 0 N–H and O–H groups in total. The number of methoxy groups -OCH3 is 1. The van der Waals surface area contributed by atoms with Crippen LogP contribution in [0.2, 0.25) is 0 Å². The molecule has 1 aliphatic heterocycles. The molecular formula is C18H21NO. The van der Waals surface area contributed by atoms with Gasteiger partial charge in [0.15, 0.2) is 0 Å². The van der Waals surface area contributed by atoms with Crippen LogP contribution < -0.4 is 4.74 Å². The third-order valence-corrected chi connectivity index (χ3v) is 4.21. The first-order valence-corrected chi connectivity index (χ1v) is 7.12. The molecule has 1 aliphatic rings. The summed E-state index contributed by atoms with van der Waals surface area (Å²) in [6.07, 6.45) is 1.09. The van der Waals surface area contributed by atoms with Crippen LogP contribution in [0.1, 0.15) is 28.3 Å². The molecule has 1 heterocycles. The minimum atomic E-state index is 0.352. The Morgan fingerprint density at radius 2 is 1.85 bits per heavy atom. The van der Waals surface area contributed by atoms with E-state index in [0.29, 0.717) is 6.04 Å². The van der Waals surface area contributed by atoms with E-state index < -0.39 is 0 Å². The lowest BCUT2D eigenvalue weighted by Gasteiger charge is -2.35. The Labute approximate surface area is 121 Å². The molecule has 104 valence electrons. The molecule has 0 aromatic heterocycles. The van der Waals surface area contributed by atoms with E-state index in [2.05, 4.69) is 61.3 Å². The van der Waals surface area contributed by atoms with E-state index in [1.54, 1.807) is 7.11 Å². The molecule has 0 amide bonds. The Morgan fingerprint density at radius 1 is 1.10 bits per heavy atom. The Kier molecular flexibility index (Phi) is 3.49. The lowest BCUT2D eigenvalue weighted by atomic mass is 9.88. The molecule has 0 radical (unpaired) electrons. The fraction of sp³-hybridized carbons (Fsp3) is 0.333. The van der Waals surface area contributed by atoms with Crippen molar-refractivity contribution in [2.24, 2.45) is 0 Å². The van der Waals surface area contributed by atoms with Gasteiger partial charge in [0.2, 0.25) is 0 Å². The highest BCUT2D eigenvalue weighted by Gasteiger charge is 2.26. The molecule has 1 atom stereocenters. The van der Waals surface area contributed by atoms with Crippen LogP contribution in [0.25, 0.3) is 0 Å². The normalized spacial score (nSPS) is 18.6. The third-order valence-electron chi connectivity index (χ3n) is 4.21. The van der Waals surface area contributed by atoms with Gasteiger partial charge in [-0.3, -0.25) is 4.90 Å². The van der Waals surface area contributed by atoms with Crippen molar-refractivity contribution in [3.05, 3.63) is 64.7 Å². The fourth-order valence-electron chi connectivity index (χ4n) is 3.04. The SMILES string of the molecule is COc1ccc2c(c1)CCN(C)C2c1ccc(C)cc1. The molecule has 0 bridgehead atoms. The summed E-state index contributed by atoms with van der Waals surface area (Å²) in [4.78, 5) is 2.43. The van der Waals surface area contributed by atoms with Crippen molar-refractivity contribution in [1.29, 1.82) is 0 Å². The van der Waals surface area contributed by atoms with Crippen LogP contribution in [-0.2, 0) is 6.42 Å². The van der Waals surface area contributed by atoms with Crippen LogP contribution in [0.15, 0.2) is 42.5 Å². The minimum Gasteiger partial charge on any atom is -0.497 e. The molecular weight excluding hydrogens is 246 g/mol. The second-order valence-corrected chi connectivity index (χ2v) is 5.61. The summed E-state index contributed by atoms with van der Waals surface area (Å²) in [5.41, 5.74) is 5.49. The topological polar surface area (TPSA) is 12.5 Å². The summed E-state index contributed by atoms with van der Waals surface area (Å²) >= 11 is 0. The zero-order chi connectivity index (χ0) is 14.1. The quantitative estimate of drug-likeness (QED) is 0.824. The maximum Gasteiger partial charge on any atom is 0.119 e. The highest BCUT2D eigenvalue weighted by atomic mass is 16.5.